The molecule has 32 heavy (non-hydrogen) atoms. The molecular formula is C25H26N4O2S. The van der Waals surface area contributed by atoms with Crippen LogP contribution in [0.3, 0.4) is 0 Å². The van der Waals surface area contributed by atoms with E-state index in [4.69, 9.17) is 10.1 Å². The summed E-state index contributed by atoms with van der Waals surface area (Å²) in [6.07, 6.45) is 3.85. The number of sulfonamides is 1. The highest BCUT2D eigenvalue weighted by Gasteiger charge is 2.15. The molecule has 0 aliphatic heterocycles. The predicted molar refractivity (Wildman–Crippen MR) is 130 cm³/mol. The van der Waals surface area contributed by atoms with Crippen LogP contribution in [0, 0.1) is 5.92 Å². The maximum Gasteiger partial charge on any atom is 0.239 e. The lowest BCUT2D eigenvalue weighted by Crippen LogP contribution is -2.12. The maximum atomic E-state index is 11.8. The molecule has 4 rings (SSSR count). The third-order valence-electron chi connectivity index (χ3n) is 5.29. The fourth-order valence-corrected chi connectivity index (χ4v) is 4.14. The first-order chi connectivity index (χ1) is 15.3. The Balaban J connectivity index is 1.90. The number of hydrogen-bond donors (Lipinski definition) is 2. The third kappa shape index (κ3) is 4.79. The molecule has 7 heteroatoms. The number of pyridine rings is 2. The van der Waals surface area contributed by atoms with Crippen LogP contribution in [0.4, 0.5) is 5.82 Å². The molecule has 0 spiro atoms. The van der Waals surface area contributed by atoms with Crippen molar-refractivity contribution < 1.29 is 8.42 Å². The van der Waals surface area contributed by atoms with Gasteiger partial charge >= 0.3 is 0 Å². The van der Waals surface area contributed by atoms with Crippen LogP contribution in [0.2, 0.25) is 0 Å². The Morgan fingerprint density at radius 1 is 0.969 bits per heavy atom. The lowest BCUT2D eigenvalue weighted by atomic mass is 9.97. The van der Waals surface area contributed by atoms with Gasteiger partial charge in [0.2, 0.25) is 10.0 Å². The molecule has 6 nitrogen and oxygen atoms in total. The van der Waals surface area contributed by atoms with Crippen LogP contribution in [0.25, 0.3) is 33.2 Å². The van der Waals surface area contributed by atoms with Crippen molar-refractivity contribution in [2.45, 2.75) is 25.2 Å². The molecule has 0 unspecified atom stereocenters. The Kier molecular flexibility index (Phi) is 6.21. The molecule has 3 N–H and O–H groups in total. The number of hydrogen-bond acceptors (Lipinski definition) is 5. The van der Waals surface area contributed by atoms with E-state index in [1.807, 2.05) is 36.4 Å². The normalized spacial score (nSPS) is 11.8. The van der Waals surface area contributed by atoms with Crippen molar-refractivity contribution in [2.75, 3.05) is 11.9 Å². The van der Waals surface area contributed by atoms with Crippen LogP contribution in [0.15, 0.2) is 78.0 Å². The number of nitrogens with zero attached hydrogens (tertiary/aromatic N) is 2. The minimum Gasteiger partial charge on any atom is -0.370 e. The fraction of sp³-hybridized carbons (Fsp3) is 0.200. The number of rotatable bonds is 7. The van der Waals surface area contributed by atoms with E-state index >= 15 is 0 Å². The molecule has 0 radical (unpaired) electrons. The summed E-state index contributed by atoms with van der Waals surface area (Å²) in [6, 6.07) is 19.8. The average Bonchev–Trinajstić information content (AvgIpc) is 2.78. The van der Waals surface area contributed by atoms with Crippen molar-refractivity contribution in [3.05, 3.63) is 73.1 Å². The van der Waals surface area contributed by atoms with Gasteiger partial charge in [-0.15, -0.1) is 0 Å². The van der Waals surface area contributed by atoms with Crippen molar-refractivity contribution in [2.24, 2.45) is 11.1 Å². The minimum atomic E-state index is -3.86. The summed E-state index contributed by atoms with van der Waals surface area (Å²) in [7, 11) is -3.86. The molecule has 0 atom stereocenters. The summed E-state index contributed by atoms with van der Waals surface area (Å²) in [4.78, 5) is 8.92. The molecule has 2 heterocycles. The van der Waals surface area contributed by atoms with Crippen LogP contribution in [0.5, 0.6) is 0 Å². The van der Waals surface area contributed by atoms with Crippen LogP contribution < -0.4 is 10.5 Å². The number of nitrogens with two attached hydrogens (primary N) is 1. The van der Waals surface area contributed by atoms with Gasteiger partial charge in [-0.25, -0.2) is 18.5 Å². The molecule has 0 aliphatic rings. The molecule has 0 bridgehead atoms. The minimum absolute atomic E-state index is 0.0377. The molecule has 0 saturated heterocycles. The van der Waals surface area contributed by atoms with Crippen molar-refractivity contribution in [1.29, 1.82) is 0 Å². The van der Waals surface area contributed by atoms with Gasteiger partial charge in [-0.3, -0.25) is 4.98 Å². The summed E-state index contributed by atoms with van der Waals surface area (Å²) in [5.74, 6) is 1.32. The number of fused-ring (bicyclic) bond motifs is 1. The second-order valence-corrected chi connectivity index (χ2v) is 9.75. The molecule has 2 aromatic carbocycles. The van der Waals surface area contributed by atoms with E-state index in [-0.39, 0.29) is 4.90 Å². The number of benzene rings is 2. The Bertz CT molecular complexity index is 1350. The van der Waals surface area contributed by atoms with E-state index < -0.39 is 10.0 Å². The SMILES string of the molecule is CC(C)CCNc1nc(-c2cncc(S(N)(=O)=O)c2)cc2cccc(-c3ccccc3)c12. The van der Waals surface area contributed by atoms with Gasteiger partial charge in [0.05, 0.1) is 5.69 Å². The Hall–Kier alpha value is -3.29. The molecule has 0 aliphatic carbocycles. The van der Waals surface area contributed by atoms with E-state index in [1.165, 1.54) is 12.3 Å². The highest BCUT2D eigenvalue weighted by Crippen LogP contribution is 2.35. The van der Waals surface area contributed by atoms with Crippen LogP contribution in [-0.2, 0) is 10.0 Å². The van der Waals surface area contributed by atoms with Crippen LogP contribution >= 0.6 is 0 Å². The van der Waals surface area contributed by atoms with Gasteiger partial charge in [0.25, 0.3) is 0 Å². The predicted octanol–water partition coefficient (Wildman–Crippen LogP) is 5.07. The zero-order valence-electron chi connectivity index (χ0n) is 18.1. The number of aromatic nitrogens is 2. The van der Waals surface area contributed by atoms with Crippen molar-refractivity contribution in [3.8, 4) is 22.4 Å². The summed E-state index contributed by atoms with van der Waals surface area (Å²) < 4.78 is 23.6. The smallest absolute Gasteiger partial charge is 0.239 e. The van der Waals surface area contributed by atoms with E-state index in [9.17, 15) is 8.42 Å². The second-order valence-electron chi connectivity index (χ2n) is 8.19. The zero-order chi connectivity index (χ0) is 22.7. The monoisotopic (exact) mass is 446 g/mol. The summed E-state index contributed by atoms with van der Waals surface area (Å²) in [5, 5.41) is 10.8. The second kappa shape index (κ2) is 9.06. The molecule has 0 amide bonds. The topological polar surface area (TPSA) is 98.0 Å². The maximum absolute atomic E-state index is 11.8. The third-order valence-corrected chi connectivity index (χ3v) is 6.17. The Morgan fingerprint density at radius 3 is 2.47 bits per heavy atom. The highest BCUT2D eigenvalue weighted by molar-refractivity contribution is 7.89. The zero-order valence-corrected chi connectivity index (χ0v) is 18.9. The van der Waals surface area contributed by atoms with Gasteiger partial charge in [0.1, 0.15) is 10.7 Å². The van der Waals surface area contributed by atoms with Gasteiger partial charge in [0.15, 0.2) is 0 Å². The van der Waals surface area contributed by atoms with Gasteiger partial charge in [-0.1, -0.05) is 62.4 Å². The van der Waals surface area contributed by atoms with Gasteiger partial charge < -0.3 is 5.32 Å². The Morgan fingerprint density at radius 2 is 1.75 bits per heavy atom. The number of primary sulfonamides is 1. The van der Waals surface area contributed by atoms with Gasteiger partial charge in [-0.2, -0.15) is 0 Å². The van der Waals surface area contributed by atoms with Crippen molar-refractivity contribution in [1.82, 2.24) is 9.97 Å². The standard InChI is InChI=1S/C25H26N4O2S/c1-17(2)11-12-28-25-24-19(9-6-10-22(24)18-7-4-3-5-8-18)14-23(29-25)20-13-21(16-27-15-20)32(26,30)31/h3-10,13-17H,11-12H2,1-2H3,(H,28,29)(H2,26,30,31). The molecule has 0 saturated carbocycles. The first kappa shape index (κ1) is 21.9. The lowest BCUT2D eigenvalue weighted by Gasteiger charge is -2.16. The largest absolute Gasteiger partial charge is 0.370 e. The van der Waals surface area contributed by atoms with Gasteiger partial charge in [-0.05, 0) is 41.0 Å². The summed E-state index contributed by atoms with van der Waals surface area (Å²) in [6.45, 7) is 5.15. The van der Waals surface area contributed by atoms with Crippen molar-refractivity contribution in [3.63, 3.8) is 0 Å². The fourth-order valence-electron chi connectivity index (χ4n) is 3.64. The molecular weight excluding hydrogens is 420 g/mol. The quantitative estimate of drug-likeness (QED) is 0.413. The van der Waals surface area contributed by atoms with E-state index in [2.05, 4.69) is 42.3 Å². The summed E-state index contributed by atoms with van der Waals surface area (Å²) >= 11 is 0. The molecule has 0 fully saturated rings. The average molecular weight is 447 g/mol. The van der Waals surface area contributed by atoms with E-state index in [1.54, 1.807) is 6.20 Å². The molecule has 2 aromatic heterocycles. The van der Waals surface area contributed by atoms with Crippen LogP contribution in [-0.4, -0.2) is 24.9 Å². The summed E-state index contributed by atoms with van der Waals surface area (Å²) in [5.41, 5.74) is 3.42. The lowest BCUT2D eigenvalue weighted by molar-refractivity contribution is 0.597. The van der Waals surface area contributed by atoms with E-state index in [0.717, 1.165) is 40.7 Å². The number of anilines is 1. The first-order valence-electron chi connectivity index (χ1n) is 10.5. The highest BCUT2D eigenvalue weighted by atomic mass is 32.2. The van der Waals surface area contributed by atoms with Crippen LogP contribution in [0.1, 0.15) is 20.3 Å². The van der Waals surface area contributed by atoms with Gasteiger partial charge in [0, 0.05) is 29.9 Å². The molecule has 4 aromatic rings. The van der Waals surface area contributed by atoms with Crippen molar-refractivity contribution >= 4 is 26.6 Å². The number of nitrogens with one attached hydrogen (secondary N) is 1. The Labute approximate surface area is 188 Å². The van der Waals surface area contributed by atoms with E-state index in [0.29, 0.717) is 17.2 Å². The molecule has 164 valence electrons. The first-order valence-corrected chi connectivity index (χ1v) is 12.1.